The van der Waals surface area contributed by atoms with Gasteiger partial charge in [-0.2, -0.15) is 18.0 Å². The van der Waals surface area contributed by atoms with Crippen molar-refractivity contribution in [3.63, 3.8) is 0 Å². The molecular formula is C12H14F3N5. The van der Waals surface area contributed by atoms with Gasteiger partial charge in [-0.1, -0.05) is 0 Å². The van der Waals surface area contributed by atoms with Gasteiger partial charge in [-0.15, -0.1) is 10.2 Å². The summed E-state index contributed by atoms with van der Waals surface area (Å²) in [7, 11) is 0. The smallest absolute Gasteiger partial charge is 0.378 e. The Hall–Kier alpha value is -2.12. The van der Waals surface area contributed by atoms with Crippen molar-refractivity contribution >= 4 is 5.69 Å². The van der Waals surface area contributed by atoms with E-state index in [4.69, 9.17) is 0 Å². The van der Waals surface area contributed by atoms with Crippen molar-refractivity contribution in [2.24, 2.45) is 0 Å². The van der Waals surface area contributed by atoms with Crippen LogP contribution in [0.2, 0.25) is 0 Å². The van der Waals surface area contributed by atoms with E-state index in [2.05, 4.69) is 20.7 Å². The van der Waals surface area contributed by atoms with Crippen LogP contribution in [0.1, 0.15) is 23.9 Å². The second-order valence-corrected chi connectivity index (χ2v) is 4.33. The molecule has 0 aliphatic heterocycles. The summed E-state index contributed by atoms with van der Waals surface area (Å²) in [5.41, 5.74) is 0.239. The van der Waals surface area contributed by atoms with Crippen LogP contribution >= 0.6 is 0 Å². The van der Waals surface area contributed by atoms with Crippen LogP contribution in [0, 0.1) is 6.92 Å². The standard InChI is InChI=1S/C12H14F3N5/c1-3-20-18-11(17-19-20)7-16-10-5-8(2)4-9(6-10)12(13,14)15/h4-6,16H,3,7H2,1-2H3. The lowest BCUT2D eigenvalue weighted by atomic mass is 10.1. The van der Waals surface area contributed by atoms with E-state index in [1.807, 2.05) is 6.92 Å². The summed E-state index contributed by atoms with van der Waals surface area (Å²) >= 11 is 0. The second-order valence-electron chi connectivity index (χ2n) is 4.33. The molecule has 0 aliphatic rings. The Morgan fingerprint density at radius 1 is 1.25 bits per heavy atom. The molecule has 1 heterocycles. The van der Waals surface area contributed by atoms with Gasteiger partial charge < -0.3 is 5.32 Å². The quantitative estimate of drug-likeness (QED) is 0.938. The molecule has 0 saturated heterocycles. The molecule has 0 amide bonds. The van der Waals surface area contributed by atoms with Crippen LogP contribution in [0.25, 0.3) is 0 Å². The predicted molar refractivity (Wildman–Crippen MR) is 67.0 cm³/mol. The normalized spacial score (nSPS) is 11.7. The number of benzene rings is 1. The summed E-state index contributed by atoms with van der Waals surface area (Å²) in [6.07, 6.45) is -4.36. The van der Waals surface area contributed by atoms with Gasteiger partial charge >= 0.3 is 6.18 Å². The van der Waals surface area contributed by atoms with E-state index in [1.54, 1.807) is 13.0 Å². The molecule has 5 nitrogen and oxygen atoms in total. The van der Waals surface area contributed by atoms with Crippen LogP contribution in [0.3, 0.4) is 0 Å². The Morgan fingerprint density at radius 3 is 2.60 bits per heavy atom. The van der Waals surface area contributed by atoms with Crippen LogP contribution < -0.4 is 5.32 Å². The number of alkyl halides is 3. The average molecular weight is 285 g/mol. The first-order valence-electron chi connectivity index (χ1n) is 6.08. The number of aryl methyl sites for hydroxylation is 2. The summed E-state index contributed by atoms with van der Waals surface area (Å²) in [5.74, 6) is 0.432. The minimum atomic E-state index is -4.36. The zero-order chi connectivity index (χ0) is 14.8. The predicted octanol–water partition coefficient (Wildman–Crippen LogP) is 2.63. The van der Waals surface area contributed by atoms with Gasteiger partial charge in [0.15, 0.2) is 5.82 Å². The molecule has 1 N–H and O–H groups in total. The third-order valence-corrected chi connectivity index (χ3v) is 2.63. The number of rotatable bonds is 4. The van der Waals surface area contributed by atoms with E-state index in [0.717, 1.165) is 12.1 Å². The number of hydrogen-bond acceptors (Lipinski definition) is 4. The van der Waals surface area contributed by atoms with Gasteiger partial charge in [0.2, 0.25) is 0 Å². The van der Waals surface area contributed by atoms with E-state index in [-0.39, 0.29) is 6.54 Å². The van der Waals surface area contributed by atoms with Gasteiger partial charge in [-0.25, -0.2) is 0 Å². The van der Waals surface area contributed by atoms with Crippen molar-refractivity contribution in [3.05, 3.63) is 35.2 Å². The number of hydrogen-bond donors (Lipinski definition) is 1. The summed E-state index contributed by atoms with van der Waals surface area (Å²) in [5, 5.41) is 14.5. The fourth-order valence-electron chi connectivity index (χ4n) is 1.71. The molecule has 0 atom stereocenters. The van der Waals surface area contributed by atoms with Crippen LogP contribution in [-0.4, -0.2) is 20.2 Å². The molecule has 0 fully saturated rings. The third kappa shape index (κ3) is 3.46. The van der Waals surface area contributed by atoms with E-state index < -0.39 is 11.7 Å². The van der Waals surface area contributed by atoms with Gasteiger partial charge in [-0.05, 0) is 42.8 Å². The maximum absolute atomic E-state index is 12.7. The molecule has 0 radical (unpaired) electrons. The highest BCUT2D eigenvalue weighted by molar-refractivity contribution is 5.49. The lowest BCUT2D eigenvalue weighted by molar-refractivity contribution is -0.137. The van der Waals surface area contributed by atoms with Gasteiger partial charge in [0.05, 0.1) is 18.7 Å². The number of halogens is 3. The Balaban J connectivity index is 2.11. The van der Waals surface area contributed by atoms with Gasteiger partial charge in [0.25, 0.3) is 0 Å². The zero-order valence-electron chi connectivity index (χ0n) is 11.1. The molecule has 0 spiro atoms. The monoisotopic (exact) mass is 285 g/mol. The lowest BCUT2D eigenvalue weighted by Crippen LogP contribution is -2.08. The summed E-state index contributed by atoms with van der Waals surface area (Å²) in [6.45, 7) is 4.30. The number of anilines is 1. The largest absolute Gasteiger partial charge is 0.416 e. The second kappa shape index (κ2) is 5.48. The molecule has 0 aliphatic carbocycles. The zero-order valence-corrected chi connectivity index (χ0v) is 11.1. The number of nitrogens with one attached hydrogen (secondary N) is 1. The molecule has 0 bridgehead atoms. The van der Waals surface area contributed by atoms with Crippen LogP contribution in [0.5, 0.6) is 0 Å². The molecule has 2 rings (SSSR count). The van der Waals surface area contributed by atoms with Gasteiger partial charge in [0, 0.05) is 5.69 Å². The van der Waals surface area contributed by atoms with Crippen molar-refractivity contribution < 1.29 is 13.2 Å². The van der Waals surface area contributed by atoms with Crippen molar-refractivity contribution in [2.45, 2.75) is 33.1 Å². The Morgan fingerprint density at radius 2 is 2.00 bits per heavy atom. The van der Waals surface area contributed by atoms with E-state index >= 15 is 0 Å². The molecule has 0 unspecified atom stereocenters. The number of aromatic nitrogens is 4. The van der Waals surface area contributed by atoms with E-state index in [0.29, 0.717) is 23.6 Å². The SMILES string of the molecule is CCn1nnc(CNc2cc(C)cc(C(F)(F)F)c2)n1. The summed E-state index contributed by atoms with van der Waals surface area (Å²) < 4.78 is 38.1. The minimum Gasteiger partial charge on any atom is -0.378 e. The van der Waals surface area contributed by atoms with E-state index in [9.17, 15) is 13.2 Å². The molecule has 20 heavy (non-hydrogen) atoms. The maximum atomic E-state index is 12.7. The fourth-order valence-corrected chi connectivity index (χ4v) is 1.71. The molecule has 1 aromatic heterocycles. The molecule has 8 heteroatoms. The maximum Gasteiger partial charge on any atom is 0.416 e. The Kier molecular flexibility index (Phi) is 3.91. The Bertz CT molecular complexity index is 591. The number of tetrazole rings is 1. The highest BCUT2D eigenvalue weighted by Crippen LogP contribution is 2.31. The van der Waals surface area contributed by atoms with Crippen molar-refractivity contribution in [3.8, 4) is 0 Å². The van der Waals surface area contributed by atoms with E-state index in [1.165, 1.54) is 4.80 Å². The fraction of sp³-hybridized carbons (Fsp3) is 0.417. The minimum absolute atomic E-state index is 0.223. The van der Waals surface area contributed by atoms with Crippen molar-refractivity contribution in [1.29, 1.82) is 0 Å². The molecule has 2 aromatic rings. The highest BCUT2D eigenvalue weighted by atomic mass is 19.4. The number of nitrogens with zero attached hydrogens (tertiary/aromatic N) is 4. The topological polar surface area (TPSA) is 55.6 Å². The van der Waals surface area contributed by atoms with Crippen LogP contribution in [0.15, 0.2) is 18.2 Å². The summed E-state index contributed by atoms with van der Waals surface area (Å²) in [6, 6.07) is 3.81. The first-order valence-corrected chi connectivity index (χ1v) is 6.08. The van der Waals surface area contributed by atoms with Gasteiger partial charge in [-0.3, -0.25) is 0 Å². The van der Waals surface area contributed by atoms with Crippen LogP contribution in [-0.2, 0) is 19.3 Å². The third-order valence-electron chi connectivity index (χ3n) is 2.63. The van der Waals surface area contributed by atoms with Crippen molar-refractivity contribution in [2.75, 3.05) is 5.32 Å². The molecule has 1 aromatic carbocycles. The first-order chi connectivity index (χ1) is 9.38. The molecule has 0 saturated carbocycles. The molecular weight excluding hydrogens is 271 g/mol. The molecule has 108 valence electrons. The van der Waals surface area contributed by atoms with Gasteiger partial charge in [0.1, 0.15) is 0 Å². The van der Waals surface area contributed by atoms with Crippen LogP contribution in [0.4, 0.5) is 18.9 Å². The lowest BCUT2D eigenvalue weighted by Gasteiger charge is -2.11. The Labute approximate surface area is 113 Å². The summed E-state index contributed by atoms with van der Waals surface area (Å²) in [4.78, 5) is 1.41. The average Bonchev–Trinajstić information content (AvgIpc) is 2.82. The first kappa shape index (κ1) is 14.3. The van der Waals surface area contributed by atoms with Crippen molar-refractivity contribution in [1.82, 2.24) is 20.2 Å². The highest BCUT2D eigenvalue weighted by Gasteiger charge is 2.30.